The van der Waals surface area contributed by atoms with Gasteiger partial charge in [0.1, 0.15) is 5.25 Å². The highest BCUT2D eigenvalue weighted by Crippen LogP contribution is 2.46. The van der Waals surface area contributed by atoms with E-state index in [0.29, 0.717) is 15.6 Å². The zero-order valence-electron chi connectivity index (χ0n) is 12.9. The Morgan fingerprint density at radius 1 is 1.28 bits per heavy atom. The van der Waals surface area contributed by atoms with E-state index in [1.54, 1.807) is 18.2 Å². The summed E-state index contributed by atoms with van der Waals surface area (Å²) in [5.41, 5.74) is 6.84. The number of allylic oxidation sites excluding steroid dienone is 1. The van der Waals surface area contributed by atoms with Gasteiger partial charge in [0.05, 0.1) is 26.7 Å². The first-order valence-corrected chi connectivity index (χ1v) is 9.17. The van der Waals surface area contributed by atoms with E-state index in [9.17, 15) is 14.9 Å². The lowest BCUT2D eigenvalue weighted by atomic mass is 9.89. The summed E-state index contributed by atoms with van der Waals surface area (Å²) < 4.78 is 0. The number of nitrogens with zero attached hydrogens (tertiary/aromatic N) is 1. The molecule has 1 aromatic rings. The number of nitrogens with one attached hydrogen (secondary N) is 2. The second-order valence-electron chi connectivity index (χ2n) is 5.82. The number of hydrogen-bond donors (Lipinski definition) is 3. The van der Waals surface area contributed by atoms with Crippen molar-refractivity contribution in [2.45, 2.75) is 30.1 Å². The molecule has 4 N–H and O–H groups in total. The summed E-state index contributed by atoms with van der Waals surface area (Å²) in [7, 11) is 0. The van der Waals surface area contributed by atoms with Gasteiger partial charge in [-0.3, -0.25) is 10.1 Å². The zero-order chi connectivity index (χ0) is 18.1. The van der Waals surface area contributed by atoms with Crippen molar-refractivity contribution in [1.82, 2.24) is 10.6 Å². The summed E-state index contributed by atoms with van der Waals surface area (Å²) >= 11 is 13.1. The smallest absolute Gasteiger partial charge is 0.321 e. The van der Waals surface area contributed by atoms with Crippen molar-refractivity contribution in [1.29, 1.82) is 5.26 Å². The first kappa shape index (κ1) is 17.9. The van der Waals surface area contributed by atoms with Crippen molar-refractivity contribution in [3.8, 4) is 6.07 Å². The van der Waals surface area contributed by atoms with Crippen molar-refractivity contribution in [3.63, 3.8) is 0 Å². The molecule has 3 rings (SSSR count). The van der Waals surface area contributed by atoms with Gasteiger partial charge in [0.2, 0.25) is 5.91 Å². The molecule has 1 fully saturated rings. The fourth-order valence-corrected chi connectivity index (χ4v) is 4.06. The third-order valence-corrected chi connectivity index (χ3v) is 5.92. The van der Waals surface area contributed by atoms with Crippen LogP contribution in [0.1, 0.15) is 24.3 Å². The minimum atomic E-state index is -0.739. The predicted molar refractivity (Wildman–Crippen MR) is 97.1 cm³/mol. The average molecular weight is 397 g/mol. The van der Waals surface area contributed by atoms with Crippen LogP contribution in [0.15, 0.2) is 28.8 Å². The number of urea groups is 1. The molecule has 2 atom stereocenters. The highest BCUT2D eigenvalue weighted by Gasteiger charge is 2.41. The molecule has 0 spiro atoms. The SMILES string of the molecule is N#CC1=C(N)SC(C(=O)NC(=O)NC2CC2)C1c1ccc(Cl)c(Cl)c1. The van der Waals surface area contributed by atoms with Crippen LogP contribution in [0.25, 0.3) is 0 Å². The molecule has 9 heteroatoms. The van der Waals surface area contributed by atoms with Gasteiger partial charge < -0.3 is 11.1 Å². The molecule has 1 aliphatic heterocycles. The Hall–Kier alpha value is -1.88. The van der Waals surface area contributed by atoms with Crippen molar-refractivity contribution in [2.75, 3.05) is 0 Å². The van der Waals surface area contributed by atoms with Gasteiger partial charge >= 0.3 is 6.03 Å². The third-order valence-electron chi connectivity index (χ3n) is 3.96. The van der Waals surface area contributed by atoms with Crippen LogP contribution < -0.4 is 16.4 Å². The monoisotopic (exact) mass is 396 g/mol. The number of carbonyl (C=O) groups is 2. The van der Waals surface area contributed by atoms with Gasteiger partial charge in [0.15, 0.2) is 0 Å². The molecule has 2 aliphatic rings. The lowest BCUT2D eigenvalue weighted by Crippen LogP contribution is -2.45. The number of carbonyl (C=O) groups excluding carboxylic acids is 2. The van der Waals surface area contributed by atoms with Crippen LogP contribution in [0.3, 0.4) is 0 Å². The summed E-state index contributed by atoms with van der Waals surface area (Å²) in [5, 5.41) is 14.7. The summed E-state index contributed by atoms with van der Waals surface area (Å²) in [5.74, 6) is -1.11. The number of imide groups is 1. The Balaban J connectivity index is 1.84. The Morgan fingerprint density at radius 3 is 2.60 bits per heavy atom. The second-order valence-corrected chi connectivity index (χ2v) is 7.81. The van der Waals surface area contributed by atoms with Crippen molar-refractivity contribution in [2.24, 2.45) is 5.73 Å². The minimum Gasteiger partial charge on any atom is -0.393 e. The van der Waals surface area contributed by atoms with Gasteiger partial charge in [-0.1, -0.05) is 41.0 Å². The molecular formula is C16H14Cl2N4O2S. The average Bonchev–Trinajstić information content (AvgIpc) is 3.30. The Kier molecular flexibility index (Phi) is 5.13. The first-order valence-electron chi connectivity index (χ1n) is 7.53. The number of rotatable bonds is 3. The van der Waals surface area contributed by atoms with Gasteiger partial charge in [0.25, 0.3) is 0 Å². The van der Waals surface area contributed by atoms with Crippen LogP contribution in [0, 0.1) is 11.3 Å². The van der Waals surface area contributed by atoms with Crippen LogP contribution in [0.2, 0.25) is 10.0 Å². The lowest BCUT2D eigenvalue weighted by molar-refractivity contribution is -0.119. The molecule has 6 nitrogen and oxygen atoms in total. The van der Waals surface area contributed by atoms with E-state index in [1.165, 1.54) is 0 Å². The Bertz CT molecular complexity index is 817. The number of amides is 3. The standard InChI is InChI=1S/C16H14Cl2N4O2S/c17-10-4-1-7(5-11(10)18)12-9(6-19)14(20)25-13(12)15(23)22-16(24)21-8-2-3-8/h1,4-5,8,12-13H,2-3,20H2,(H2,21,22,23,24). The predicted octanol–water partition coefficient (Wildman–Crippen LogP) is 2.87. The van der Waals surface area contributed by atoms with E-state index in [4.69, 9.17) is 28.9 Å². The quantitative estimate of drug-likeness (QED) is 0.727. The fourth-order valence-electron chi connectivity index (χ4n) is 2.58. The molecule has 1 aliphatic carbocycles. The van der Waals surface area contributed by atoms with Crippen molar-refractivity contribution < 1.29 is 9.59 Å². The molecule has 0 aromatic heterocycles. The van der Waals surface area contributed by atoms with Crippen molar-refractivity contribution >= 4 is 46.9 Å². The van der Waals surface area contributed by atoms with Crippen LogP contribution in [0.5, 0.6) is 0 Å². The zero-order valence-corrected chi connectivity index (χ0v) is 15.2. The van der Waals surface area contributed by atoms with E-state index in [0.717, 1.165) is 24.6 Å². The summed E-state index contributed by atoms with van der Waals surface area (Å²) in [4.78, 5) is 24.4. The van der Waals surface area contributed by atoms with E-state index >= 15 is 0 Å². The maximum atomic E-state index is 12.6. The van der Waals surface area contributed by atoms with E-state index in [-0.39, 0.29) is 16.6 Å². The van der Waals surface area contributed by atoms with E-state index in [2.05, 4.69) is 16.7 Å². The molecule has 1 saturated carbocycles. The highest BCUT2D eigenvalue weighted by molar-refractivity contribution is 8.04. The maximum absolute atomic E-state index is 12.6. The molecule has 1 heterocycles. The number of thioether (sulfide) groups is 1. The molecule has 130 valence electrons. The Morgan fingerprint density at radius 2 is 2.00 bits per heavy atom. The number of halogens is 2. The molecule has 2 unspecified atom stereocenters. The van der Waals surface area contributed by atoms with Gasteiger partial charge in [-0.2, -0.15) is 5.26 Å². The molecule has 0 bridgehead atoms. The molecule has 0 saturated heterocycles. The molecule has 25 heavy (non-hydrogen) atoms. The molecule has 1 aromatic carbocycles. The van der Waals surface area contributed by atoms with Crippen LogP contribution in [0.4, 0.5) is 4.79 Å². The number of nitriles is 1. The van der Waals surface area contributed by atoms with Gasteiger partial charge in [-0.05, 0) is 30.5 Å². The van der Waals surface area contributed by atoms with Crippen LogP contribution in [-0.2, 0) is 4.79 Å². The number of nitrogens with two attached hydrogens (primary N) is 1. The van der Waals surface area contributed by atoms with Gasteiger partial charge in [-0.15, -0.1) is 0 Å². The molecular weight excluding hydrogens is 383 g/mol. The maximum Gasteiger partial charge on any atom is 0.321 e. The van der Waals surface area contributed by atoms with Crippen LogP contribution >= 0.6 is 35.0 Å². The van der Waals surface area contributed by atoms with Crippen molar-refractivity contribution in [3.05, 3.63) is 44.4 Å². The first-order chi connectivity index (χ1) is 11.9. The normalized spacial score (nSPS) is 22.4. The van der Waals surface area contributed by atoms with E-state index in [1.807, 2.05) is 0 Å². The molecule has 0 radical (unpaired) electrons. The summed E-state index contributed by atoms with van der Waals surface area (Å²) in [6, 6.07) is 6.55. The minimum absolute atomic E-state index is 0.132. The third kappa shape index (κ3) is 3.87. The van der Waals surface area contributed by atoms with E-state index < -0.39 is 23.1 Å². The topological polar surface area (TPSA) is 108 Å². The summed E-state index contributed by atoms with van der Waals surface area (Å²) in [6.07, 6.45) is 1.83. The largest absolute Gasteiger partial charge is 0.393 e. The number of benzene rings is 1. The lowest BCUT2D eigenvalue weighted by Gasteiger charge is -2.19. The van der Waals surface area contributed by atoms with Gasteiger partial charge in [0, 0.05) is 12.0 Å². The molecule has 3 amide bonds. The van der Waals surface area contributed by atoms with Gasteiger partial charge in [-0.25, -0.2) is 4.79 Å². The summed E-state index contributed by atoms with van der Waals surface area (Å²) in [6.45, 7) is 0. The van der Waals surface area contributed by atoms with Crippen LogP contribution in [-0.4, -0.2) is 23.2 Å². The number of hydrogen-bond acceptors (Lipinski definition) is 5. The Labute approximate surface area is 158 Å². The highest BCUT2D eigenvalue weighted by atomic mass is 35.5. The second kappa shape index (κ2) is 7.16. The fraction of sp³-hybridized carbons (Fsp3) is 0.312.